The number of ether oxygens (including phenoxy) is 2. The van der Waals surface area contributed by atoms with Gasteiger partial charge in [-0.2, -0.15) is 0 Å². The summed E-state index contributed by atoms with van der Waals surface area (Å²) in [4.78, 5) is 24.8. The summed E-state index contributed by atoms with van der Waals surface area (Å²) in [6.45, 7) is 0.360. The number of carbonyl (C=O) groups is 2. The minimum absolute atomic E-state index is 0.139. The first-order valence-corrected chi connectivity index (χ1v) is 9.66. The van der Waals surface area contributed by atoms with E-state index in [1.807, 2.05) is 30.3 Å². The SMILES string of the molecule is O=C(NCCOc1ccccc1F)c1ccc2c(c1)C[C@@H](c1ccccc1)OC2=O. The molecule has 0 spiro atoms. The normalized spacial score (nSPS) is 15.1. The minimum atomic E-state index is -0.446. The number of benzene rings is 3. The number of halogens is 1. The van der Waals surface area contributed by atoms with E-state index in [4.69, 9.17) is 9.47 Å². The van der Waals surface area contributed by atoms with Crippen molar-refractivity contribution in [1.29, 1.82) is 0 Å². The zero-order chi connectivity index (χ0) is 20.9. The van der Waals surface area contributed by atoms with Gasteiger partial charge in [0.1, 0.15) is 12.7 Å². The van der Waals surface area contributed by atoms with E-state index in [9.17, 15) is 14.0 Å². The second kappa shape index (κ2) is 8.78. The monoisotopic (exact) mass is 405 g/mol. The molecule has 1 amide bonds. The fourth-order valence-electron chi connectivity index (χ4n) is 3.38. The van der Waals surface area contributed by atoms with Crippen LogP contribution < -0.4 is 10.1 Å². The fourth-order valence-corrected chi connectivity index (χ4v) is 3.38. The van der Waals surface area contributed by atoms with E-state index in [1.54, 1.807) is 30.3 Å². The van der Waals surface area contributed by atoms with Gasteiger partial charge in [-0.15, -0.1) is 0 Å². The lowest BCUT2D eigenvalue weighted by atomic mass is 9.93. The number of carbonyl (C=O) groups excluding carboxylic acids is 2. The molecule has 3 aromatic rings. The van der Waals surface area contributed by atoms with Crippen LogP contribution in [0.4, 0.5) is 4.39 Å². The van der Waals surface area contributed by atoms with Crippen LogP contribution >= 0.6 is 0 Å². The number of amides is 1. The van der Waals surface area contributed by atoms with Crippen molar-refractivity contribution in [2.24, 2.45) is 0 Å². The van der Waals surface area contributed by atoms with Crippen LogP contribution in [-0.4, -0.2) is 25.0 Å². The molecule has 152 valence electrons. The first-order chi connectivity index (χ1) is 14.6. The minimum Gasteiger partial charge on any atom is -0.489 e. The van der Waals surface area contributed by atoms with Gasteiger partial charge in [-0.3, -0.25) is 4.79 Å². The van der Waals surface area contributed by atoms with Crippen LogP contribution in [0.5, 0.6) is 5.75 Å². The van der Waals surface area contributed by atoms with E-state index in [0.29, 0.717) is 17.5 Å². The van der Waals surface area contributed by atoms with Crippen molar-refractivity contribution in [2.75, 3.05) is 13.2 Å². The Hall–Kier alpha value is -3.67. The van der Waals surface area contributed by atoms with E-state index in [0.717, 1.165) is 11.1 Å². The van der Waals surface area contributed by atoms with Gasteiger partial charge in [0.05, 0.1) is 12.1 Å². The van der Waals surface area contributed by atoms with Crippen molar-refractivity contribution < 1.29 is 23.5 Å². The highest BCUT2D eigenvalue weighted by Gasteiger charge is 2.28. The zero-order valence-electron chi connectivity index (χ0n) is 16.1. The first-order valence-electron chi connectivity index (χ1n) is 9.66. The van der Waals surface area contributed by atoms with E-state index in [2.05, 4.69) is 5.32 Å². The van der Waals surface area contributed by atoms with E-state index in [-0.39, 0.29) is 30.9 Å². The third-order valence-electron chi connectivity index (χ3n) is 4.90. The average molecular weight is 405 g/mol. The molecule has 6 heteroatoms. The van der Waals surface area contributed by atoms with Gasteiger partial charge < -0.3 is 14.8 Å². The number of hydrogen-bond donors (Lipinski definition) is 1. The maximum atomic E-state index is 13.5. The largest absolute Gasteiger partial charge is 0.489 e. The summed E-state index contributed by atoms with van der Waals surface area (Å²) < 4.78 is 24.4. The van der Waals surface area contributed by atoms with Gasteiger partial charge in [-0.05, 0) is 41.5 Å². The molecule has 4 rings (SSSR count). The van der Waals surface area contributed by atoms with Crippen LogP contribution in [0, 0.1) is 5.82 Å². The molecule has 1 aliphatic rings. The molecule has 30 heavy (non-hydrogen) atoms. The average Bonchev–Trinajstić information content (AvgIpc) is 2.78. The second-order valence-corrected chi connectivity index (χ2v) is 6.92. The molecule has 0 aromatic heterocycles. The first kappa shape index (κ1) is 19.6. The maximum absolute atomic E-state index is 13.5. The highest BCUT2D eigenvalue weighted by Crippen LogP contribution is 2.31. The van der Waals surface area contributed by atoms with Gasteiger partial charge >= 0.3 is 5.97 Å². The topological polar surface area (TPSA) is 64.6 Å². The molecule has 0 radical (unpaired) electrons. The third-order valence-corrected chi connectivity index (χ3v) is 4.90. The Morgan fingerprint density at radius 2 is 1.83 bits per heavy atom. The molecule has 1 heterocycles. The predicted octanol–water partition coefficient (Wildman–Crippen LogP) is 4.09. The molecule has 5 nitrogen and oxygen atoms in total. The summed E-state index contributed by atoms with van der Waals surface area (Å²) in [5, 5.41) is 2.75. The smallest absolute Gasteiger partial charge is 0.339 e. The van der Waals surface area contributed by atoms with Gasteiger partial charge in [-0.25, -0.2) is 9.18 Å². The molecule has 0 saturated heterocycles. The lowest BCUT2D eigenvalue weighted by molar-refractivity contribution is 0.0252. The highest BCUT2D eigenvalue weighted by atomic mass is 19.1. The predicted molar refractivity (Wildman–Crippen MR) is 109 cm³/mol. The van der Waals surface area contributed by atoms with Crippen LogP contribution in [0.1, 0.15) is 37.9 Å². The van der Waals surface area contributed by atoms with Crippen molar-refractivity contribution in [1.82, 2.24) is 5.32 Å². The summed E-state index contributed by atoms with van der Waals surface area (Å²) >= 11 is 0. The van der Waals surface area contributed by atoms with Crippen molar-refractivity contribution >= 4 is 11.9 Å². The Labute approximate surface area is 173 Å². The molecule has 1 atom stereocenters. The molecule has 0 aliphatic carbocycles. The summed E-state index contributed by atoms with van der Waals surface area (Å²) in [6.07, 6.45) is 0.126. The van der Waals surface area contributed by atoms with Gasteiger partial charge in [0.25, 0.3) is 5.91 Å². The number of rotatable bonds is 6. The van der Waals surface area contributed by atoms with Crippen molar-refractivity contribution in [3.05, 3.63) is 101 Å². The van der Waals surface area contributed by atoms with Crippen LogP contribution in [0.25, 0.3) is 0 Å². The maximum Gasteiger partial charge on any atom is 0.339 e. The molecular formula is C24H20FNO4. The number of hydrogen-bond acceptors (Lipinski definition) is 4. The fraction of sp³-hybridized carbons (Fsp3) is 0.167. The highest BCUT2D eigenvalue weighted by molar-refractivity contribution is 5.97. The van der Waals surface area contributed by atoms with Crippen LogP contribution in [0.15, 0.2) is 72.8 Å². The molecule has 0 unspecified atom stereocenters. The lowest BCUT2D eigenvalue weighted by Gasteiger charge is -2.25. The number of cyclic esters (lactones) is 1. The molecule has 1 N–H and O–H groups in total. The molecule has 3 aromatic carbocycles. The Bertz CT molecular complexity index is 1070. The Morgan fingerprint density at radius 3 is 2.63 bits per heavy atom. The zero-order valence-corrected chi connectivity index (χ0v) is 16.1. The quantitative estimate of drug-likeness (QED) is 0.496. The lowest BCUT2D eigenvalue weighted by Crippen LogP contribution is -2.29. The Balaban J connectivity index is 1.39. The molecule has 0 saturated carbocycles. The summed E-state index contributed by atoms with van der Waals surface area (Å²) in [5.74, 6) is -0.982. The molecule has 1 aliphatic heterocycles. The van der Waals surface area contributed by atoms with Gasteiger partial charge in [-0.1, -0.05) is 42.5 Å². The van der Waals surface area contributed by atoms with Gasteiger partial charge in [0, 0.05) is 12.0 Å². The number of esters is 1. The van der Waals surface area contributed by atoms with E-state index >= 15 is 0 Å². The Morgan fingerprint density at radius 1 is 1.07 bits per heavy atom. The standard InChI is InChI=1S/C24H20FNO4/c25-20-8-4-5-9-21(20)29-13-12-26-23(27)17-10-11-19-18(14-17)15-22(30-24(19)28)16-6-2-1-3-7-16/h1-11,14,22H,12-13,15H2,(H,26,27)/t22-/m0/s1. The summed E-state index contributed by atoms with van der Waals surface area (Å²) in [5.41, 5.74) is 2.61. The van der Waals surface area contributed by atoms with Crippen LogP contribution in [0.2, 0.25) is 0 Å². The molecule has 0 bridgehead atoms. The third kappa shape index (κ3) is 4.33. The Kier molecular flexibility index (Phi) is 5.75. The number of nitrogens with one attached hydrogen (secondary N) is 1. The second-order valence-electron chi connectivity index (χ2n) is 6.92. The summed E-state index contributed by atoms with van der Waals surface area (Å²) in [7, 11) is 0. The number of para-hydroxylation sites is 1. The van der Waals surface area contributed by atoms with E-state index in [1.165, 1.54) is 12.1 Å². The number of fused-ring (bicyclic) bond motifs is 1. The van der Waals surface area contributed by atoms with Crippen molar-refractivity contribution in [3.8, 4) is 5.75 Å². The van der Waals surface area contributed by atoms with Gasteiger partial charge in [0.2, 0.25) is 0 Å². The van der Waals surface area contributed by atoms with Gasteiger partial charge in [0.15, 0.2) is 11.6 Å². The molecular weight excluding hydrogens is 385 g/mol. The van der Waals surface area contributed by atoms with Crippen LogP contribution in [0.3, 0.4) is 0 Å². The molecule has 0 fully saturated rings. The van der Waals surface area contributed by atoms with Crippen molar-refractivity contribution in [3.63, 3.8) is 0 Å². The van der Waals surface area contributed by atoms with E-state index < -0.39 is 11.8 Å². The van der Waals surface area contributed by atoms with Crippen molar-refractivity contribution in [2.45, 2.75) is 12.5 Å². The summed E-state index contributed by atoms with van der Waals surface area (Å²) in [6, 6.07) is 20.6. The van der Waals surface area contributed by atoms with Crippen LogP contribution in [-0.2, 0) is 11.2 Å².